The van der Waals surface area contributed by atoms with Crippen molar-refractivity contribution in [3.8, 4) is 0 Å². The Kier molecular flexibility index (Phi) is 21.9. The maximum atomic E-state index is 16.9. The molecule has 0 amide bonds. The summed E-state index contributed by atoms with van der Waals surface area (Å²) in [6, 6.07) is 9.54. The van der Waals surface area contributed by atoms with Crippen LogP contribution in [0.3, 0.4) is 0 Å². The topological polar surface area (TPSA) is 55.4 Å². The molecule has 0 aliphatic rings. The van der Waals surface area contributed by atoms with Crippen molar-refractivity contribution in [1.82, 2.24) is 0 Å². The minimum Gasteiger partial charge on any atom is -0.235 e. The van der Waals surface area contributed by atoms with E-state index in [1.54, 1.807) is 0 Å². The van der Waals surface area contributed by atoms with Crippen LogP contribution in [0.5, 0.6) is 0 Å². The second-order valence-electron chi connectivity index (χ2n) is 23.4. The average Bonchev–Trinajstić information content (AvgIpc) is 0.753. The third-order valence-electron chi connectivity index (χ3n) is 16.3. The van der Waals surface area contributed by atoms with Gasteiger partial charge in [0.15, 0.2) is 0 Å². The minimum atomic E-state index is -5.43. The second-order valence-corrected chi connectivity index (χ2v) is 23.4. The molecule has 3 atom stereocenters. The molecule has 3 unspecified atom stereocenters. The number of hydrogen-bond acceptors (Lipinski definition) is 6. The van der Waals surface area contributed by atoms with Crippen molar-refractivity contribution < 1.29 is 148 Å². The van der Waals surface area contributed by atoms with Crippen LogP contribution in [0.1, 0.15) is 122 Å². The van der Waals surface area contributed by atoms with Crippen LogP contribution < -0.4 is 0 Å². The average molecular weight is 1490 g/mol. The number of rotatable bonds is 21. The van der Waals surface area contributed by atoms with Gasteiger partial charge in [-0.3, -0.25) is 0 Å². The Labute approximate surface area is 563 Å². The predicted octanol–water partition coefficient (Wildman–Crippen LogP) is 22.4. The summed E-state index contributed by atoms with van der Waals surface area (Å²) >= 11 is 0. The molecule has 9 aromatic rings. The van der Waals surface area contributed by atoms with Crippen molar-refractivity contribution in [1.29, 1.82) is 0 Å². The van der Waals surface area contributed by atoms with Gasteiger partial charge in [0.2, 0.25) is 0 Å². The molecule has 546 valence electrons. The lowest BCUT2D eigenvalue weighted by atomic mass is 9.73. The van der Waals surface area contributed by atoms with Gasteiger partial charge in [-0.15, -0.1) is 0 Å². The molecule has 9 rings (SSSR count). The normalized spacial score (nSPS) is 14.7. The van der Waals surface area contributed by atoms with Gasteiger partial charge < -0.3 is 0 Å². The Morgan fingerprint density at radius 3 is 0.544 bits per heavy atom. The van der Waals surface area contributed by atoms with Crippen molar-refractivity contribution in [2.24, 2.45) is 0 Å². The van der Waals surface area contributed by atoms with E-state index in [1.807, 2.05) is 0 Å². The van der Waals surface area contributed by atoms with E-state index < -0.39 is 215 Å². The monoisotopic (exact) mass is 1490 g/mol. The molecule has 34 heteroatoms. The van der Waals surface area contributed by atoms with Gasteiger partial charge in [0.05, 0.1) is 50.1 Å². The second kappa shape index (κ2) is 28.9. The van der Waals surface area contributed by atoms with E-state index in [-0.39, 0.29) is 72.8 Å². The number of benzene rings is 9. The number of alkyl halides is 18. The third kappa shape index (κ3) is 16.9. The fraction of sp³-hybridized carbons (Fsp3) is 0.217. The van der Waals surface area contributed by atoms with Gasteiger partial charge in [-0.1, -0.05) is 109 Å². The lowest BCUT2D eigenvalue weighted by molar-refractivity contribution is -0.414. The Balaban J connectivity index is 1.37. The summed E-state index contributed by atoms with van der Waals surface area (Å²) < 4.78 is 412. The zero-order valence-corrected chi connectivity index (χ0v) is 51.8. The number of halogens is 27. The van der Waals surface area contributed by atoms with Crippen molar-refractivity contribution in [3.05, 3.63) is 318 Å². The highest BCUT2D eigenvalue weighted by Gasteiger charge is 2.54. The molecule has 0 aliphatic carbocycles. The highest BCUT2D eigenvalue weighted by molar-refractivity contribution is 6.35. The van der Waals surface area contributed by atoms with Gasteiger partial charge >= 0.3 is 44.4 Å². The van der Waals surface area contributed by atoms with Gasteiger partial charge in [0.1, 0.15) is 69.2 Å². The van der Waals surface area contributed by atoms with Crippen LogP contribution >= 0.6 is 0 Å². The summed E-state index contributed by atoms with van der Waals surface area (Å²) in [5.41, 5.74) is -32.8. The molecule has 6 nitrogen and oxygen atoms in total. The van der Waals surface area contributed by atoms with Gasteiger partial charge in [0.25, 0.3) is 0 Å². The van der Waals surface area contributed by atoms with Crippen LogP contribution in [-0.4, -0.2) is 7.32 Å². The Morgan fingerprint density at radius 1 is 0.243 bits per heavy atom. The zero-order chi connectivity index (χ0) is 76.1. The van der Waals surface area contributed by atoms with Crippen molar-refractivity contribution >= 4 is 7.32 Å². The molecule has 0 radical (unpaired) electrons. The van der Waals surface area contributed by atoms with E-state index in [0.717, 1.165) is 0 Å². The number of hydrogen-bond donors (Lipinski definition) is 0. The van der Waals surface area contributed by atoms with Gasteiger partial charge in [-0.25, -0.2) is 68.6 Å². The fourth-order valence-electron chi connectivity index (χ4n) is 12.1. The van der Waals surface area contributed by atoms with Crippen molar-refractivity contribution in [3.63, 3.8) is 0 Å². The first-order valence-corrected chi connectivity index (χ1v) is 29.2. The SMILES string of the molecule is CC(OOB(OOC(C)(c1c(F)cc(F)cc1F)C(c1cccc(C(F)(F)F)c1)c1cccc(C(F)(F)F)c1)OOC(C)(c1c(F)cc(F)cc1F)C(c1cccc(C(F)(F)F)c1)c1cccc(C(F)(F)F)c1)(c1c(F)cc(F)cc1F)C(c1cccc(C(F)(F)F)c1)c1cccc(C(F)(F)F)c1. The molecule has 0 N–H and O–H groups in total. The van der Waals surface area contributed by atoms with Crippen LogP contribution in [0.4, 0.5) is 119 Å². The van der Waals surface area contributed by atoms with Crippen LogP contribution in [0.15, 0.2) is 182 Å². The van der Waals surface area contributed by atoms with E-state index in [4.69, 9.17) is 29.1 Å². The quantitative estimate of drug-likeness (QED) is 0.0309. The van der Waals surface area contributed by atoms with E-state index in [9.17, 15) is 79.0 Å². The van der Waals surface area contributed by atoms with E-state index in [1.165, 1.54) is 0 Å². The van der Waals surface area contributed by atoms with Gasteiger partial charge in [0, 0.05) is 54.2 Å². The first kappa shape index (κ1) is 78.1. The van der Waals surface area contributed by atoms with Crippen molar-refractivity contribution in [2.75, 3.05) is 0 Å². The van der Waals surface area contributed by atoms with E-state index in [2.05, 4.69) is 0 Å². The van der Waals surface area contributed by atoms with Gasteiger partial charge in [-0.2, -0.15) is 79.0 Å². The maximum absolute atomic E-state index is 16.9. The summed E-state index contributed by atoms with van der Waals surface area (Å²) in [6.07, 6.45) is -32.6. The fourth-order valence-corrected chi connectivity index (χ4v) is 12.1. The lowest BCUT2D eigenvalue weighted by Crippen LogP contribution is -2.44. The molecular formula is C69H42BF27O6. The van der Waals surface area contributed by atoms with Crippen LogP contribution in [0, 0.1) is 52.4 Å². The molecule has 0 aromatic heterocycles. The first-order chi connectivity index (χ1) is 47.6. The van der Waals surface area contributed by atoms with Crippen LogP contribution in [0.2, 0.25) is 0 Å². The smallest absolute Gasteiger partial charge is 0.235 e. The molecule has 0 bridgehead atoms. The maximum Gasteiger partial charge on any atom is 0.725 e. The lowest BCUT2D eigenvalue weighted by Gasteiger charge is -2.41. The largest absolute Gasteiger partial charge is 0.725 e. The van der Waals surface area contributed by atoms with E-state index >= 15 is 39.5 Å². The molecule has 0 fully saturated rings. The Bertz CT molecular complexity index is 3880. The molecule has 103 heavy (non-hydrogen) atoms. The van der Waals surface area contributed by atoms with Gasteiger partial charge in [-0.05, 0) is 90.6 Å². The highest BCUT2D eigenvalue weighted by atomic mass is 19.4. The minimum absolute atomic E-state index is 0.153. The molecular weight excluding hydrogens is 1450 g/mol. The molecule has 0 heterocycles. The van der Waals surface area contributed by atoms with Crippen LogP contribution in [-0.2, 0) is 82.9 Å². The van der Waals surface area contributed by atoms with Crippen molar-refractivity contribution in [2.45, 2.75) is 92.4 Å². The third-order valence-corrected chi connectivity index (χ3v) is 16.3. The summed E-state index contributed by atoms with van der Waals surface area (Å²) in [5, 5.41) is 0. The Morgan fingerprint density at radius 2 is 0.398 bits per heavy atom. The summed E-state index contributed by atoms with van der Waals surface area (Å²) in [4.78, 5) is 33.3. The summed E-state index contributed by atoms with van der Waals surface area (Å²) in [7, 11) is -3.89. The summed E-state index contributed by atoms with van der Waals surface area (Å²) in [5.74, 6) is -26.8. The standard InChI is InChI=1S/C69H42BF27O6/c1-61(58-49(74)28-46(71)29-50(58)75,55(34-10-4-16-40(22-34)64(80,81)82)35-11-5-17-41(23-35)65(83,84)85)98-101-70(102-99-62(2,59-51(76)30-47(72)31-52(59)77)56(36-12-6-18-42(24-36)66(86,87)88)37-13-7-19-43(25-37)67(89,90)91)103-100-63(3,60-53(78)32-48(73)33-54(60)79)57(38-14-8-20-44(26-38)68(92,93)94)39-15-9-21-45(27-39)69(95,96)97/h4-33,55-57H,1-3H3. The highest BCUT2D eigenvalue weighted by Crippen LogP contribution is 2.54. The Hall–Kier alpha value is -9.09. The molecule has 0 saturated carbocycles. The molecule has 0 aliphatic heterocycles. The molecule has 9 aromatic carbocycles. The molecule has 0 spiro atoms. The summed E-state index contributed by atoms with van der Waals surface area (Å²) in [6.45, 7) is 1.10. The van der Waals surface area contributed by atoms with E-state index in [0.29, 0.717) is 130 Å². The first-order valence-electron chi connectivity index (χ1n) is 29.2. The zero-order valence-electron chi connectivity index (χ0n) is 51.8. The van der Waals surface area contributed by atoms with Crippen LogP contribution in [0.25, 0.3) is 0 Å². The predicted molar refractivity (Wildman–Crippen MR) is 307 cm³/mol. The molecule has 0 saturated heterocycles.